The van der Waals surface area contributed by atoms with Crippen LogP contribution in [0.15, 0.2) is 22.9 Å². The summed E-state index contributed by atoms with van der Waals surface area (Å²) in [5.41, 5.74) is 2.48. The van der Waals surface area contributed by atoms with Crippen molar-refractivity contribution in [1.82, 2.24) is 20.0 Å². The molecule has 0 radical (unpaired) electrons. The number of nitrogens with zero attached hydrogens (tertiary/aromatic N) is 3. The van der Waals surface area contributed by atoms with Crippen molar-refractivity contribution < 1.29 is 0 Å². The van der Waals surface area contributed by atoms with Gasteiger partial charge in [0.1, 0.15) is 5.82 Å². The summed E-state index contributed by atoms with van der Waals surface area (Å²) in [6, 6.07) is 4.77. The van der Waals surface area contributed by atoms with Crippen molar-refractivity contribution in [2.24, 2.45) is 5.92 Å². The maximum absolute atomic E-state index is 4.53. The molecule has 0 bridgehead atoms. The van der Waals surface area contributed by atoms with E-state index in [2.05, 4.69) is 62.3 Å². The van der Waals surface area contributed by atoms with Crippen molar-refractivity contribution in [2.45, 2.75) is 19.5 Å². The summed E-state index contributed by atoms with van der Waals surface area (Å²) in [6.07, 6.45) is 0. The fraction of sp³-hybridized carbons (Fsp3) is 0.562. The third-order valence-corrected chi connectivity index (χ3v) is 4.93. The first-order valence-corrected chi connectivity index (χ1v) is 8.75. The molecule has 0 amide bonds. The minimum absolute atomic E-state index is 0.435. The van der Waals surface area contributed by atoms with E-state index in [4.69, 9.17) is 0 Å². The zero-order chi connectivity index (χ0) is 15.5. The zero-order valence-corrected chi connectivity index (χ0v) is 14.4. The molecule has 6 heteroatoms. The van der Waals surface area contributed by atoms with Crippen LogP contribution >= 0.6 is 11.3 Å². The van der Waals surface area contributed by atoms with E-state index in [0.29, 0.717) is 12.0 Å². The van der Waals surface area contributed by atoms with Crippen LogP contribution in [0.3, 0.4) is 0 Å². The Balaban J connectivity index is 1.51. The van der Waals surface area contributed by atoms with E-state index in [-0.39, 0.29) is 0 Å². The zero-order valence-electron chi connectivity index (χ0n) is 13.5. The normalized spacial score (nSPS) is 19.0. The lowest BCUT2D eigenvalue weighted by molar-refractivity contribution is 0.280. The summed E-state index contributed by atoms with van der Waals surface area (Å²) in [7, 11) is 4.29. The van der Waals surface area contributed by atoms with Gasteiger partial charge in [-0.3, -0.25) is 0 Å². The van der Waals surface area contributed by atoms with Gasteiger partial charge in [-0.1, -0.05) is 0 Å². The standard InChI is InChI=1S/C16H25N5S/c1-12-6-16-18-8-13(10-21(16)19-12)7-17-9-15(20(2)3)14-4-5-22-11-14/h4-6,11,13,15,17-18H,7-10H2,1-3H3/t13-,15+/m1/s1. The van der Waals surface area contributed by atoms with Gasteiger partial charge in [0, 0.05) is 44.2 Å². The second-order valence-electron chi connectivity index (χ2n) is 6.29. The van der Waals surface area contributed by atoms with E-state index in [0.717, 1.165) is 37.7 Å². The maximum atomic E-state index is 4.53. The van der Waals surface area contributed by atoms with E-state index in [1.165, 1.54) is 5.56 Å². The Labute approximate surface area is 136 Å². The lowest BCUT2D eigenvalue weighted by atomic mass is 10.1. The van der Waals surface area contributed by atoms with Crippen molar-refractivity contribution >= 4 is 17.2 Å². The highest BCUT2D eigenvalue weighted by Crippen LogP contribution is 2.21. The van der Waals surface area contributed by atoms with Gasteiger partial charge < -0.3 is 15.5 Å². The summed E-state index contributed by atoms with van der Waals surface area (Å²) in [5.74, 6) is 1.73. The smallest absolute Gasteiger partial charge is 0.124 e. The molecule has 0 fully saturated rings. The molecule has 0 aliphatic carbocycles. The van der Waals surface area contributed by atoms with Crippen LogP contribution in [0, 0.1) is 12.8 Å². The first-order chi connectivity index (χ1) is 10.6. The Bertz CT molecular complexity index is 590. The van der Waals surface area contributed by atoms with Gasteiger partial charge in [0.2, 0.25) is 0 Å². The van der Waals surface area contributed by atoms with Crippen LogP contribution in [0.4, 0.5) is 5.82 Å². The van der Waals surface area contributed by atoms with Gasteiger partial charge in [-0.25, -0.2) is 4.68 Å². The third-order valence-electron chi connectivity index (χ3n) is 4.23. The highest BCUT2D eigenvalue weighted by Gasteiger charge is 2.20. The number of aryl methyl sites for hydroxylation is 1. The number of rotatable bonds is 6. The van der Waals surface area contributed by atoms with E-state index in [1.54, 1.807) is 11.3 Å². The molecule has 3 rings (SSSR count). The molecule has 5 nitrogen and oxygen atoms in total. The van der Waals surface area contributed by atoms with Gasteiger partial charge in [0.15, 0.2) is 0 Å². The highest BCUT2D eigenvalue weighted by atomic mass is 32.1. The quantitative estimate of drug-likeness (QED) is 0.857. The van der Waals surface area contributed by atoms with E-state index in [1.807, 2.05) is 6.92 Å². The summed E-state index contributed by atoms with van der Waals surface area (Å²) in [6.45, 7) is 6.05. The minimum atomic E-state index is 0.435. The number of fused-ring (bicyclic) bond motifs is 1. The lowest BCUT2D eigenvalue weighted by Crippen LogP contribution is -2.38. The summed E-state index contributed by atoms with van der Waals surface area (Å²) in [4.78, 5) is 2.28. The molecule has 22 heavy (non-hydrogen) atoms. The predicted molar refractivity (Wildman–Crippen MR) is 92.6 cm³/mol. The van der Waals surface area contributed by atoms with E-state index >= 15 is 0 Å². The van der Waals surface area contributed by atoms with Gasteiger partial charge >= 0.3 is 0 Å². The van der Waals surface area contributed by atoms with Crippen LogP contribution in [-0.2, 0) is 6.54 Å². The highest BCUT2D eigenvalue weighted by molar-refractivity contribution is 7.07. The molecular weight excluding hydrogens is 294 g/mol. The summed E-state index contributed by atoms with van der Waals surface area (Å²) >= 11 is 1.77. The third kappa shape index (κ3) is 3.51. The fourth-order valence-electron chi connectivity index (χ4n) is 3.01. The topological polar surface area (TPSA) is 45.1 Å². The van der Waals surface area contributed by atoms with Gasteiger partial charge in [0.05, 0.1) is 5.69 Å². The van der Waals surface area contributed by atoms with Crippen LogP contribution < -0.4 is 10.6 Å². The molecule has 2 aromatic rings. The molecule has 1 aliphatic rings. The second-order valence-corrected chi connectivity index (χ2v) is 7.07. The van der Waals surface area contributed by atoms with E-state index in [9.17, 15) is 0 Å². The molecule has 120 valence electrons. The van der Waals surface area contributed by atoms with Crippen molar-refractivity contribution in [3.05, 3.63) is 34.2 Å². The first kappa shape index (κ1) is 15.5. The molecule has 0 spiro atoms. The molecule has 2 atom stereocenters. The Hall–Kier alpha value is -1.37. The van der Waals surface area contributed by atoms with Crippen molar-refractivity contribution in [3.8, 4) is 0 Å². The van der Waals surface area contributed by atoms with Gasteiger partial charge in [-0.05, 0) is 43.4 Å². The van der Waals surface area contributed by atoms with Crippen LogP contribution in [0.5, 0.6) is 0 Å². The molecule has 0 unspecified atom stereocenters. The van der Waals surface area contributed by atoms with Crippen molar-refractivity contribution in [2.75, 3.05) is 39.0 Å². The summed E-state index contributed by atoms with van der Waals surface area (Å²) in [5, 5.41) is 16.0. The monoisotopic (exact) mass is 319 g/mol. The number of likely N-dealkylation sites (N-methyl/N-ethyl adjacent to an activating group) is 1. The van der Waals surface area contributed by atoms with Crippen LogP contribution in [0.1, 0.15) is 17.3 Å². The Morgan fingerprint density at radius 2 is 2.41 bits per heavy atom. The SMILES string of the molecule is Cc1cc2n(n1)C[C@H](CNC[C@@H](c1ccsc1)N(C)C)CN2. The number of hydrogen-bond donors (Lipinski definition) is 2. The number of nitrogens with one attached hydrogen (secondary N) is 2. The van der Waals surface area contributed by atoms with Crippen LogP contribution in [-0.4, -0.2) is 48.4 Å². The largest absolute Gasteiger partial charge is 0.370 e. The Kier molecular flexibility index (Phi) is 4.81. The average molecular weight is 319 g/mol. The van der Waals surface area contributed by atoms with Gasteiger partial charge in [0.25, 0.3) is 0 Å². The summed E-state index contributed by atoms with van der Waals surface area (Å²) < 4.78 is 2.09. The average Bonchev–Trinajstić information content (AvgIpc) is 3.10. The molecule has 1 aliphatic heterocycles. The molecule has 2 aromatic heterocycles. The fourth-order valence-corrected chi connectivity index (χ4v) is 3.72. The number of hydrogen-bond acceptors (Lipinski definition) is 5. The Morgan fingerprint density at radius 3 is 3.14 bits per heavy atom. The van der Waals surface area contributed by atoms with Crippen molar-refractivity contribution in [3.63, 3.8) is 0 Å². The molecule has 0 aromatic carbocycles. The minimum Gasteiger partial charge on any atom is -0.370 e. The number of thiophene rings is 1. The van der Waals surface area contributed by atoms with Crippen molar-refractivity contribution in [1.29, 1.82) is 0 Å². The van der Waals surface area contributed by atoms with Crippen LogP contribution in [0.2, 0.25) is 0 Å². The molecule has 3 heterocycles. The second kappa shape index (κ2) is 6.81. The van der Waals surface area contributed by atoms with Gasteiger partial charge in [-0.15, -0.1) is 0 Å². The first-order valence-electron chi connectivity index (χ1n) is 7.81. The molecule has 2 N–H and O–H groups in total. The van der Waals surface area contributed by atoms with Crippen LogP contribution in [0.25, 0.3) is 0 Å². The number of aromatic nitrogens is 2. The molecule has 0 saturated carbocycles. The van der Waals surface area contributed by atoms with E-state index < -0.39 is 0 Å². The van der Waals surface area contributed by atoms with Gasteiger partial charge in [-0.2, -0.15) is 16.4 Å². The lowest BCUT2D eigenvalue weighted by Gasteiger charge is -2.28. The maximum Gasteiger partial charge on any atom is 0.124 e. The number of anilines is 1. The molecule has 0 saturated heterocycles. The Morgan fingerprint density at radius 1 is 1.55 bits per heavy atom. The predicted octanol–water partition coefficient (Wildman–Crippen LogP) is 2.19. The molecular formula is C16H25N5S.